The molecule has 1 aromatic heterocycles. The van der Waals surface area contributed by atoms with Crippen LogP contribution in [0.3, 0.4) is 0 Å². The molecule has 0 saturated heterocycles. The molecule has 150 valence electrons. The Kier molecular flexibility index (Phi) is 6.57. The smallest absolute Gasteiger partial charge is 0.323 e. The van der Waals surface area contributed by atoms with Gasteiger partial charge in [-0.25, -0.2) is 4.79 Å². The number of rotatable bonds is 10. The monoisotopic (exact) mass is 387 g/mol. The molecule has 3 aromatic rings. The molecule has 1 unspecified atom stereocenters. The first-order valence-corrected chi connectivity index (χ1v) is 9.07. The first kappa shape index (κ1) is 19.8. The fourth-order valence-corrected chi connectivity index (χ4v) is 2.84. The molecule has 0 amide bonds. The summed E-state index contributed by atoms with van der Waals surface area (Å²) in [7, 11) is 1.60. The van der Waals surface area contributed by atoms with Crippen LogP contribution in [0, 0.1) is 6.92 Å². The maximum atomic E-state index is 11.5. The Morgan fingerprint density at radius 2 is 1.79 bits per heavy atom. The standard InChI is InChI=1S/C20H25N3O5/c1-13-7-8-17(19-18(13)22-20(25)23-19)28-12-14(24)11-21-9-10-27-16-6-4-3-5-15(16)26-2/h3-8,14,21,24H,9-12H2,1-2H3,(H2,22,23,25). The Morgan fingerprint density at radius 3 is 2.57 bits per heavy atom. The second-order valence-electron chi connectivity index (χ2n) is 6.38. The second kappa shape index (κ2) is 9.29. The summed E-state index contributed by atoms with van der Waals surface area (Å²) in [5.74, 6) is 1.89. The van der Waals surface area contributed by atoms with E-state index in [0.29, 0.717) is 48.0 Å². The molecule has 1 heterocycles. The number of fused-ring (bicyclic) bond motifs is 1. The van der Waals surface area contributed by atoms with E-state index in [1.165, 1.54) is 0 Å². The number of methoxy groups -OCH3 is 1. The number of aromatic amines is 2. The van der Waals surface area contributed by atoms with Crippen LogP contribution in [0.25, 0.3) is 11.0 Å². The summed E-state index contributed by atoms with van der Waals surface area (Å²) in [5, 5.41) is 13.2. The van der Waals surface area contributed by atoms with E-state index < -0.39 is 6.10 Å². The number of H-pyrrole nitrogens is 2. The first-order valence-electron chi connectivity index (χ1n) is 9.07. The van der Waals surface area contributed by atoms with Crippen molar-refractivity contribution >= 4 is 11.0 Å². The summed E-state index contributed by atoms with van der Waals surface area (Å²) in [5.41, 5.74) is 1.98. The van der Waals surface area contributed by atoms with Crippen molar-refractivity contribution in [2.75, 3.05) is 33.4 Å². The highest BCUT2D eigenvalue weighted by atomic mass is 16.5. The van der Waals surface area contributed by atoms with Gasteiger partial charge >= 0.3 is 5.69 Å². The van der Waals surface area contributed by atoms with Crippen molar-refractivity contribution < 1.29 is 19.3 Å². The van der Waals surface area contributed by atoms with Gasteiger partial charge in [-0.05, 0) is 30.7 Å². The number of benzene rings is 2. The van der Waals surface area contributed by atoms with Crippen LogP contribution in [0.5, 0.6) is 17.2 Å². The van der Waals surface area contributed by atoms with Gasteiger partial charge in [0.1, 0.15) is 30.6 Å². The van der Waals surface area contributed by atoms with Gasteiger partial charge < -0.3 is 34.6 Å². The number of hydrogen-bond donors (Lipinski definition) is 4. The summed E-state index contributed by atoms with van der Waals surface area (Å²) >= 11 is 0. The average Bonchev–Trinajstić information content (AvgIpc) is 3.10. The molecule has 0 aliphatic heterocycles. The van der Waals surface area contributed by atoms with Gasteiger partial charge in [-0.1, -0.05) is 18.2 Å². The van der Waals surface area contributed by atoms with Crippen molar-refractivity contribution in [2.24, 2.45) is 0 Å². The van der Waals surface area contributed by atoms with Crippen LogP contribution < -0.4 is 25.2 Å². The predicted molar refractivity (Wildman–Crippen MR) is 107 cm³/mol. The van der Waals surface area contributed by atoms with Crippen molar-refractivity contribution in [3.63, 3.8) is 0 Å². The van der Waals surface area contributed by atoms with E-state index in [1.807, 2.05) is 37.3 Å². The van der Waals surface area contributed by atoms with Crippen LogP contribution in [0.4, 0.5) is 0 Å². The third-order valence-electron chi connectivity index (χ3n) is 4.27. The SMILES string of the molecule is COc1ccccc1OCCNCC(O)COc1ccc(C)c2[nH]c(=O)[nH]c12. The molecular formula is C20H25N3O5. The van der Waals surface area contributed by atoms with Gasteiger partial charge in [-0.3, -0.25) is 0 Å². The topological polar surface area (TPSA) is 109 Å². The van der Waals surface area contributed by atoms with Crippen LogP contribution in [0.15, 0.2) is 41.2 Å². The van der Waals surface area contributed by atoms with E-state index in [2.05, 4.69) is 15.3 Å². The molecule has 0 saturated carbocycles. The highest BCUT2D eigenvalue weighted by molar-refractivity contribution is 5.84. The fourth-order valence-electron chi connectivity index (χ4n) is 2.84. The van der Waals surface area contributed by atoms with Crippen LogP contribution in [-0.2, 0) is 0 Å². The minimum Gasteiger partial charge on any atom is -0.493 e. The molecule has 0 spiro atoms. The van der Waals surface area contributed by atoms with Gasteiger partial charge in [0.25, 0.3) is 0 Å². The first-order chi connectivity index (χ1) is 13.6. The second-order valence-corrected chi connectivity index (χ2v) is 6.38. The number of aromatic nitrogens is 2. The van der Waals surface area contributed by atoms with E-state index in [4.69, 9.17) is 14.2 Å². The number of aliphatic hydroxyl groups excluding tert-OH is 1. The molecule has 8 heteroatoms. The molecule has 28 heavy (non-hydrogen) atoms. The Balaban J connectivity index is 1.41. The van der Waals surface area contributed by atoms with Gasteiger partial charge in [-0.2, -0.15) is 0 Å². The summed E-state index contributed by atoms with van der Waals surface area (Å²) in [6.45, 7) is 3.37. The third-order valence-corrected chi connectivity index (χ3v) is 4.27. The summed E-state index contributed by atoms with van der Waals surface area (Å²) < 4.78 is 16.6. The van der Waals surface area contributed by atoms with Crippen molar-refractivity contribution in [2.45, 2.75) is 13.0 Å². The van der Waals surface area contributed by atoms with E-state index in [-0.39, 0.29) is 12.3 Å². The lowest BCUT2D eigenvalue weighted by Gasteiger charge is -2.15. The van der Waals surface area contributed by atoms with Crippen molar-refractivity contribution in [1.82, 2.24) is 15.3 Å². The molecule has 0 aliphatic rings. The quantitative estimate of drug-likeness (QED) is 0.394. The minimum atomic E-state index is -0.701. The zero-order valence-corrected chi connectivity index (χ0v) is 16.0. The van der Waals surface area contributed by atoms with Crippen LogP contribution in [0.2, 0.25) is 0 Å². The molecule has 0 radical (unpaired) electrons. The van der Waals surface area contributed by atoms with Gasteiger partial charge in [0, 0.05) is 13.1 Å². The molecule has 4 N–H and O–H groups in total. The largest absolute Gasteiger partial charge is 0.493 e. The molecule has 3 rings (SSSR count). The van der Waals surface area contributed by atoms with Crippen LogP contribution in [0.1, 0.15) is 5.56 Å². The molecule has 0 aliphatic carbocycles. The van der Waals surface area contributed by atoms with Crippen molar-refractivity contribution in [3.8, 4) is 17.2 Å². The van der Waals surface area contributed by atoms with Gasteiger partial charge in [-0.15, -0.1) is 0 Å². The van der Waals surface area contributed by atoms with E-state index in [0.717, 1.165) is 5.56 Å². The molecule has 8 nitrogen and oxygen atoms in total. The Labute approximate surface area is 162 Å². The Morgan fingerprint density at radius 1 is 1.04 bits per heavy atom. The molecule has 0 bridgehead atoms. The number of aliphatic hydroxyl groups is 1. The minimum absolute atomic E-state index is 0.103. The van der Waals surface area contributed by atoms with Crippen LogP contribution in [-0.4, -0.2) is 54.6 Å². The van der Waals surface area contributed by atoms with E-state index in [9.17, 15) is 9.90 Å². The number of ether oxygens (including phenoxy) is 3. The summed E-state index contributed by atoms with van der Waals surface area (Å²) in [4.78, 5) is 17.0. The molecular weight excluding hydrogens is 362 g/mol. The number of imidazole rings is 1. The lowest BCUT2D eigenvalue weighted by atomic mass is 10.2. The van der Waals surface area contributed by atoms with Gasteiger partial charge in [0.15, 0.2) is 11.5 Å². The Hall–Kier alpha value is -2.97. The van der Waals surface area contributed by atoms with Crippen molar-refractivity contribution in [1.29, 1.82) is 0 Å². The Bertz CT molecular complexity index is 966. The molecule has 1 atom stereocenters. The molecule has 0 fully saturated rings. The summed E-state index contributed by atoms with van der Waals surface area (Å²) in [6, 6.07) is 11.1. The zero-order chi connectivity index (χ0) is 19.9. The predicted octanol–water partition coefficient (Wildman–Crippen LogP) is 1.58. The highest BCUT2D eigenvalue weighted by Gasteiger charge is 2.11. The van der Waals surface area contributed by atoms with E-state index in [1.54, 1.807) is 13.2 Å². The average molecular weight is 387 g/mol. The van der Waals surface area contributed by atoms with Gasteiger partial charge in [0.2, 0.25) is 0 Å². The zero-order valence-electron chi connectivity index (χ0n) is 16.0. The van der Waals surface area contributed by atoms with Crippen LogP contribution >= 0.6 is 0 Å². The maximum absolute atomic E-state index is 11.5. The third kappa shape index (κ3) is 4.85. The lowest BCUT2D eigenvalue weighted by Crippen LogP contribution is -2.33. The van der Waals surface area contributed by atoms with E-state index >= 15 is 0 Å². The normalized spacial score (nSPS) is 12.1. The van der Waals surface area contributed by atoms with Crippen molar-refractivity contribution in [3.05, 3.63) is 52.4 Å². The van der Waals surface area contributed by atoms with Gasteiger partial charge in [0.05, 0.1) is 12.6 Å². The highest BCUT2D eigenvalue weighted by Crippen LogP contribution is 2.25. The number of para-hydroxylation sites is 2. The lowest BCUT2D eigenvalue weighted by molar-refractivity contribution is 0.106. The number of hydrogen-bond acceptors (Lipinski definition) is 6. The maximum Gasteiger partial charge on any atom is 0.323 e. The summed E-state index contributed by atoms with van der Waals surface area (Å²) in [6.07, 6.45) is -0.701. The fraction of sp³-hybridized carbons (Fsp3) is 0.350. The number of aryl methyl sites for hydroxylation is 1. The molecule has 2 aromatic carbocycles. The number of nitrogens with one attached hydrogen (secondary N) is 3.